The maximum absolute atomic E-state index is 12.6. The number of nitrogens with zero attached hydrogens (tertiary/aromatic N) is 1. The molecule has 4 heteroatoms. The van der Waals surface area contributed by atoms with E-state index in [4.69, 9.17) is 0 Å². The quantitative estimate of drug-likeness (QED) is 0.682. The number of carbonyl (C=O) groups is 2. The molecule has 4 rings (SSSR count). The summed E-state index contributed by atoms with van der Waals surface area (Å²) in [5.74, 6) is -0.597. The molecule has 0 aromatic heterocycles. The van der Waals surface area contributed by atoms with E-state index in [1.165, 1.54) is 4.90 Å². The molecule has 0 saturated carbocycles. The normalized spacial score (nSPS) is 15.4. The second-order valence-corrected chi connectivity index (χ2v) is 7.24. The summed E-state index contributed by atoms with van der Waals surface area (Å²) in [7, 11) is 0. The van der Waals surface area contributed by atoms with Crippen LogP contribution >= 0.6 is 0 Å². The molecule has 1 heterocycles. The number of benzene rings is 3. The lowest BCUT2D eigenvalue weighted by atomic mass is 9.86. The summed E-state index contributed by atoms with van der Waals surface area (Å²) in [6.07, 6.45) is 0.252. The molecule has 0 spiro atoms. The fourth-order valence-corrected chi connectivity index (χ4v) is 3.73. The van der Waals surface area contributed by atoms with Gasteiger partial charge in [-0.05, 0) is 42.2 Å². The van der Waals surface area contributed by atoms with Gasteiger partial charge >= 0.3 is 0 Å². The minimum absolute atomic E-state index is 0.155. The molecule has 0 aliphatic carbocycles. The zero-order valence-corrected chi connectivity index (χ0v) is 15.6. The lowest BCUT2D eigenvalue weighted by Gasteiger charge is -2.28. The third kappa shape index (κ3) is 3.12. The Hall–Kier alpha value is -3.24. The molecule has 1 atom stereocenters. The van der Waals surface area contributed by atoms with E-state index in [2.05, 4.69) is 0 Å². The highest BCUT2D eigenvalue weighted by molar-refractivity contribution is 6.21. The summed E-state index contributed by atoms with van der Waals surface area (Å²) in [6, 6.07) is 24.4. The van der Waals surface area contributed by atoms with Crippen molar-refractivity contribution in [1.29, 1.82) is 0 Å². The zero-order chi connectivity index (χ0) is 19.7. The summed E-state index contributed by atoms with van der Waals surface area (Å²) >= 11 is 0. The lowest BCUT2D eigenvalue weighted by molar-refractivity contribution is 0.0343. The SMILES string of the molecule is CC(O)(CCN1C(=O)c2ccccc2C1=O)c1ccccc1-c1ccccc1. The third-order valence-electron chi connectivity index (χ3n) is 5.29. The van der Waals surface area contributed by atoms with Gasteiger partial charge < -0.3 is 5.11 Å². The first-order valence-corrected chi connectivity index (χ1v) is 9.31. The average Bonchev–Trinajstić information content (AvgIpc) is 2.97. The van der Waals surface area contributed by atoms with Crippen molar-refractivity contribution in [3.8, 4) is 11.1 Å². The van der Waals surface area contributed by atoms with Crippen LogP contribution in [0.2, 0.25) is 0 Å². The van der Waals surface area contributed by atoms with Crippen LogP contribution in [-0.4, -0.2) is 28.4 Å². The van der Waals surface area contributed by atoms with Gasteiger partial charge in [0.15, 0.2) is 0 Å². The third-order valence-corrected chi connectivity index (χ3v) is 5.29. The lowest BCUT2D eigenvalue weighted by Crippen LogP contribution is -2.35. The fraction of sp³-hybridized carbons (Fsp3) is 0.167. The summed E-state index contributed by atoms with van der Waals surface area (Å²) in [6.45, 7) is 1.88. The van der Waals surface area contributed by atoms with Crippen LogP contribution in [0.25, 0.3) is 11.1 Å². The molecule has 0 saturated heterocycles. The fourth-order valence-electron chi connectivity index (χ4n) is 3.73. The average molecular weight is 371 g/mol. The molecule has 0 radical (unpaired) electrons. The predicted octanol–water partition coefficient (Wildman–Crippen LogP) is 4.25. The van der Waals surface area contributed by atoms with E-state index < -0.39 is 5.60 Å². The molecule has 28 heavy (non-hydrogen) atoms. The highest BCUT2D eigenvalue weighted by atomic mass is 16.3. The second kappa shape index (κ2) is 7.06. The Labute approximate surface area is 164 Å². The Morgan fingerprint density at radius 1 is 0.750 bits per heavy atom. The van der Waals surface area contributed by atoms with Gasteiger partial charge in [-0.15, -0.1) is 0 Å². The molecule has 1 aliphatic rings. The zero-order valence-electron chi connectivity index (χ0n) is 15.6. The molecule has 0 bridgehead atoms. The van der Waals surface area contributed by atoms with E-state index >= 15 is 0 Å². The number of hydrogen-bond donors (Lipinski definition) is 1. The molecule has 3 aromatic rings. The standard InChI is InChI=1S/C24H21NO3/c1-24(28,21-14-8-7-11-18(21)17-9-3-2-4-10-17)15-16-25-22(26)19-12-5-6-13-20(19)23(25)27/h2-14,28H,15-16H2,1H3. The van der Waals surface area contributed by atoms with Gasteiger partial charge in [-0.25, -0.2) is 0 Å². The number of fused-ring (bicyclic) bond motifs is 1. The van der Waals surface area contributed by atoms with E-state index in [-0.39, 0.29) is 24.8 Å². The molecule has 1 aliphatic heterocycles. The molecular formula is C24H21NO3. The Morgan fingerprint density at radius 2 is 1.25 bits per heavy atom. The number of rotatable bonds is 5. The van der Waals surface area contributed by atoms with Gasteiger partial charge in [0, 0.05) is 6.54 Å². The van der Waals surface area contributed by atoms with Gasteiger partial charge in [-0.2, -0.15) is 0 Å². The number of hydrogen-bond acceptors (Lipinski definition) is 3. The maximum atomic E-state index is 12.6. The molecule has 4 nitrogen and oxygen atoms in total. The van der Waals surface area contributed by atoms with Gasteiger partial charge in [0.05, 0.1) is 16.7 Å². The number of carbonyl (C=O) groups excluding carboxylic acids is 2. The molecule has 1 unspecified atom stereocenters. The molecular weight excluding hydrogens is 350 g/mol. The van der Waals surface area contributed by atoms with Gasteiger partial charge in [0.2, 0.25) is 0 Å². The first-order chi connectivity index (χ1) is 13.5. The highest BCUT2D eigenvalue weighted by Gasteiger charge is 2.37. The second-order valence-electron chi connectivity index (χ2n) is 7.24. The van der Waals surface area contributed by atoms with E-state index in [9.17, 15) is 14.7 Å². The van der Waals surface area contributed by atoms with Crippen molar-refractivity contribution in [3.05, 3.63) is 95.6 Å². The van der Waals surface area contributed by atoms with Crippen LogP contribution < -0.4 is 0 Å². The minimum Gasteiger partial charge on any atom is -0.385 e. The van der Waals surface area contributed by atoms with Crippen LogP contribution in [0.15, 0.2) is 78.9 Å². The summed E-state index contributed by atoms with van der Waals surface area (Å²) in [5.41, 5.74) is 2.39. The van der Waals surface area contributed by atoms with Gasteiger partial charge in [0.25, 0.3) is 11.8 Å². The Kier molecular flexibility index (Phi) is 4.57. The van der Waals surface area contributed by atoms with E-state index in [0.717, 1.165) is 16.7 Å². The first kappa shape index (κ1) is 18.1. The Bertz CT molecular complexity index is 1010. The van der Waals surface area contributed by atoms with Crippen molar-refractivity contribution in [1.82, 2.24) is 4.90 Å². The van der Waals surface area contributed by atoms with E-state index in [1.54, 1.807) is 31.2 Å². The van der Waals surface area contributed by atoms with Gasteiger partial charge in [-0.3, -0.25) is 14.5 Å². The minimum atomic E-state index is -1.19. The van der Waals surface area contributed by atoms with Gasteiger partial charge in [0.1, 0.15) is 0 Å². The van der Waals surface area contributed by atoms with Crippen LogP contribution in [-0.2, 0) is 5.60 Å². The Morgan fingerprint density at radius 3 is 1.86 bits per heavy atom. The monoisotopic (exact) mass is 371 g/mol. The van der Waals surface area contributed by atoms with E-state index in [1.807, 2.05) is 54.6 Å². The van der Waals surface area contributed by atoms with Crippen molar-refractivity contribution in [2.24, 2.45) is 0 Å². The van der Waals surface area contributed by atoms with Crippen LogP contribution in [0.3, 0.4) is 0 Å². The van der Waals surface area contributed by atoms with Crippen LogP contribution in [0.1, 0.15) is 39.6 Å². The topological polar surface area (TPSA) is 57.6 Å². The molecule has 2 amide bonds. The summed E-state index contributed by atoms with van der Waals surface area (Å²) < 4.78 is 0. The smallest absolute Gasteiger partial charge is 0.261 e. The molecule has 1 N–H and O–H groups in total. The first-order valence-electron chi connectivity index (χ1n) is 9.31. The van der Waals surface area contributed by atoms with Crippen molar-refractivity contribution >= 4 is 11.8 Å². The number of imide groups is 1. The number of aliphatic hydroxyl groups is 1. The predicted molar refractivity (Wildman–Crippen MR) is 108 cm³/mol. The summed E-state index contributed by atoms with van der Waals surface area (Å²) in [4.78, 5) is 26.4. The molecule has 140 valence electrons. The maximum Gasteiger partial charge on any atom is 0.261 e. The van der Waals surface area contributed by atoms with Gasteiger partial charge in [-0.1, -0.05) is 66.7 Å². The molecule has 0 fully saturated rings. The van der Waals surface area contributed by atoms with Crippen LogP contribution in [0, 0.1) is 0 Å². The van der Waals surface area contributed by atoms with Crippen molar-refractivity contribution < 1.29 is 14.7 Å². The highest BCUT2D eigenvalue weighted by Crippen LogP contribution is 2.34. The largest absolute Gasteiger partial charge is 0.385 e. The van der Waals surface area contributed by atoms with Crippen molar-refractivity contribution in [3.63, 3.8) is 0 Å². The Balaban J connectivity index is 1.58. The van der Waals surface area contributed by atoms with E-state index in [0.29, 0.717) is 11.1 Å². The number of amides is 2. The molecule has 3 aromatic carbocycles. The van der Waals surface area contributed by atoms with Crippen LogP contribution in [0.5, 0.6) is 0 Å². The van der Waals surface area contributed by atoms with Crippen molar-refractivity contribution in [2.75, 3.05) is 6.54 Å². The summed E-state index contributed by atoms with van der Waals surface area (Å²) in [5, 5.41) is 11.2. The van der Waals surface area contributed by atoms with Crippen molar-refractivity contribution in [2.45, 2.75) is 18.9 Å². The van der Waals surface area contributed by atoms with Crippen LogP contribution in [0.4, 0.5) is 0 Å².